The summed E-state index contributed by atoms with van der Waals surface area (Å²) in [6.07, 6.45) is 13.0. The van der Waals surface area contributed by atoms with E-state index in [-0.39, 0.29) is 11.6 Å². The van der Waals surface area contributed by atoms with E-state index in [1.807, 2.05) is 19.1 Å². The molecule has 0 radical (unpaired) electrons. The van der Waals surface area contributed by atoms with E-state index >= 15 is 0 Å². The molecule has 2 heteroatoms. The summed E-state index contributed by atoms with van der Waals surface area (Å²) in [6.45, 7) is 18.3. The van der Waals surface area contributed by atoms with Crippen molar-refractivity contribution in [1.82, 2.24) is 0 Å². The van der Waals surface area contributed by atoms with Crippen LogP contribution >= 0.6 is 0 Å². The van der Waals surface area contributed by atoms with Gasteiger partial charge in [-0.25, -0.2) is 0 Å². The molecule has 1 aromatic carbocycles. The minimum Gasteiger partial charge on any atom is -0.289 e. The van der Waals surface area contributed by atoms with Gasteiger partial charge in [-0.2, -0.15) is 0 Å². The highest BCUT2D eigenvalue weighted by Crippen LogP contribution is 2.32. The fourth-order valence-electron chi connectivity index (χ4n) is 2.68. The van der Waals surface area contributed by atoms with Gasteiger partial charge in [0.05, 0.1) is 0 Å². The number of benzene rings is 1. The highest BCUT2D eigenvalue weighted by Gasteiger charge is 2.23. The van der Waals surface area contributed by atoms with Crippen LogP contribution in [0.25, 0.3) is 18.2 Å². The van der Waals surface area contributed by atoms with Crippen molar-refractivity contribution in [1.29, 1.82) is 0 Å². The van der Waals surface area contributed by atoms with Crippen molar-refractivity contribution in [2.45, 2.75) is 13.8 Å². The minimum absolute atomic E-state index is 0.240. The topological polar surface area (TPSA) is 34.1 Å². The van der Waals surface area contributed by atoms with Gasteiger partial charge in [0, 0.05) is 11.1 Å². The van der Waals surface area contributed by atoms with Gasteiger partial charge < -0.3 is 0 Å². The molecule has 2 nitrogen and oxygen atoms in total. The first-order valence-electron chi connectivity index (χ1n) is 7.56. The van der Waals surface area contributed by atoms with Crippen LogP contribution in [-0.2, 0) is 0 Å². The molecule has 0 fully saturated rings. The lowest BCUT2D eigenvalue weighted by atomic mass is 9.83. The number of hydrogen-bond acceptors (Lipinski definition) is 2. The van der Waals surface area contributed by atoms with E-state index < -0.39 is 0 Å². The third-order valence-corrected chi connectivity index (χ3v) is 3.67. The van der Waals surface area contributed by atoms with E-state index in [2.05, 4.69) is 26.3 Å². The maximum Gasteiger partial charge on any atom is 0.186 e. The SMILES string of the molecule is C=CC=Cc1c(C=CC)c(C=C)c(C(=O)C=C)c(C)c1C(=O)C=C. The van der Waals surface area contributed by atoms with Gasteiger partial charge in [0.15, 0.2) is 11.6 Å². The molecule has 1 rings (SSSR count). The van der Waals surface area contributed by atoms with Gasteiger partial charge in [0.1, 0.15) is 0 Å². The van der Waals surface area contributed by atoms with Crippen LogP contribution in [0, 0.1) is 6.92 Å². The van der Waals surface area contributed by atoms with Crippen LogP contribution in [0.5, 0.6) is 0 Å². The molecule has 0 amide bonds. The summed E-state index contributed by atoms with van der Waals surface area (Å²) in [4.78, 5) is 24.9. The standard InChI is InChI=1S/C22H22O2/c1-7-12-14-18-17(13-8-2)16(9-3)21(19(23)10-4)15(6)22(18)20(24)11-5/h7-14H,1,3-5H2,2,6H3. The smallest absolute Gasteiger partial charge is 0.186 e. The van der Waals surface area contributed by atoms with E-state index in [0.29, 0.717) is 27.8 Å². The predicted octanol–water partition coefficient (Wildman–Crippen LogP) is 5.61. The van der Waals surface area contributed by atoms with Gasteiger partial charge >= 0.3 is 0 Å². The summed E-state index contributed by atoms with van der Waals surface area (Å²) in [6, 6.07) is 0. The van der Waals surface area contributed by atoms with Crippen LogP contribution in [0.3, 0.4) is 0 Å². The lowest BCUT2D eigenvalue weighted by Gasteiger charge is -2.19. The summed E-state index contributed by atoms with van der Waals surface area (Å²) < 4.78 is 0. The Kier molecular flexibility index (Phi) is 6.81. The Morgan fingerprint density at radius 3 is 1.79 bits per heavy atom. The van der Waals surface area contributed by atoms with E-state index in [4.69, 9.17) is 0 Å². The second-order valence-electron chi connectivity index (χ2n) is 5.05. The molecule has 0 atom stereocenters. The van der Waals surface area contributed by atoms with E-state index in [9.17, 15) is 9.59 Å². The van der Waals surface area contributed by atoms with Crippen molar-refractivity contribution < 1.29 is 9.59 Å². The van der Waals surface area contributed by atoms with Gasteiger partial charge in [-0.1, -0.05) is 62.8 Å². The quantitative estimate of drug-likeness (QED) is 0.355. The zero-order valence-corrected chi connectivity index (χ0v) is 14.3. The van der Waals surface area contributed by atoms with Crippen LogP contribution in [0.2, 0.25) is 0 Å². The molecule has 0 aromatic heterocycles. The normalized spacial score (nSPS) is 10.8. The van der Waals surface area contributed by atoms with Crippen LogP contribution in [0.1, 0.15) is 49.9 Å². The number of ketones is 2. The van der Waals surface area contributed by atoms with Crippen molar-refractivity contribution in [3.63, 3.8) is 0 Å². The molecular weight excluding hydrogens is 296 g/mol. The van der Waals surface area contributed by atoms with E-state index in [1.54, 1.807) is 31.2 Å². The first-order valence-corrected chi connectivity index (χ1v) is 7.56. The van der Waals surface area contributed by atoms with Gasteiger partial charge in [-0.15, -0.1) is 0 Å². The molecule has 122 valence electrons. The second kappa shape index (κ2) is 8.59. The summed E-state index contributed by atoms with van der Waals surface area (Å²) >= 11 is 0. The third-order valence-electron chi connectivity index (χ3n) is 3.67. The monoisotopic (exact) mass is 318 g/mol. The molecule has 0 unspecified atom stereocenters. The van der Waals surface area contributed by atoms with Crippen LogP contribution in [0.4, 0.5) is 0 Å². The second-order valence-corrected chi connectivity index (χ2v) is 5.05. The maximum atomic E-state index is 12.5. The Morgan fingerprint density at radius 1 is 0.833 bits per heavy atom. The van der Waals surface area contributed by atoms with Gasteiger partial charge in [-0.3, -0.25) is 9.59 Å². The third kappa shape index (κ3) is 3.49. The Bertz CT molecular complexity index is 787. The van der Waals surface area contributed by atoms with Crippen molar-refractivity contribution in [2.75, 3.05) is 0 Å². The average Bonchev–Trinajstić information content (AvgIpc) is 2.59. The number of carbonyl (C=O) groups is 2. The molecule has 0 spiro atoms. The predicted molar refractivity (Wildman–Crippen MR) is 104 cm³/mol. The highest BCUT2D eigenvalue weighted by molar-refractivity contribution is 6.15. The van der Waals surface area contributed by atoms with Crippen molar-refractivity contribution in [3.05, 3.63) is 90.1 Å². The lowest BCUT2D eigenvalue weighted by Crippen LogP contribution is -2.12. The lowest BCUT2D eigenvalue weighted by molar-refractivity contribution is 0.104. The highest BCUT2D eigenvalue weighted by atomic mass is 16.1. The minimum atomic E-state index is -0.245. The van der Waals surface area contributed by atoms with Crippen molar-refractivity contribution in [3.8, 4) is 0 Å². The maximum absolute atomic E-state index is 12.5. The first-order chi connectivity index (χ1) is 11.5. The van der Waals surface area contributed by atoms with Crippen LogP contribution < -0.4 is 0 Å². The average molecular weight is 318 g/mol. The molecule has 0 heterocycles. The zero-order chi connectivity index (χ0) is 18.3. The van der Waals surface area contributed by atoms with Gasteiger partial charge in [0.2, 0.25) is 0 Å². The molecule has 24 heavy (non-hydrogen) atoms. The molecular formula is C22H22O2. The van der Waals surface area contributed by atoms with Crippen molar-refractivity contribution >= 4 is 29.8 Å². The number of rotatable bonds is 8. The molecule has 0 aliphatic heterocycles. The summed E-state index contributed by atoms with van der Waals surface area (Å²) in [5.74, 6) is -0.485. The number of allylic oxidation sites excluding steroid dienone is 5. The first kappa shape index (κ1) is 19.0. The summed E-state index contributed by atoms with van der Waals surface area (Å²) in [5.41, 5.74) is 3.63. The van der Waals surface area contributed by atoms with E-state index in [0.717, 1.165) is 5.56 Å². The summed E-state index contributed by atoms with van der Waals surface area (Å²) in [7, 11) is 0. The van der Waals surface area contributed by atoms with Gasteiger partial charge in [0.25, 0.3) is 0 Å². The molecule has 0 saturated carbocycles. The van der Waals surface area contributed by atoms with E-state index in [1.165, 1.54) is 12.2 Å². The Morgan fingerprint density at radius 2 is 1.38 bits per heavy atom. The zero-order valence-electron chi connectivity index (χ0n) is 14.3. The largest absolute Gasteiger partial charge is 0.289 e. The fraction of sp³-hybridized carbons (Fsp3) is 0.0909. The van der Waals surface area contributed by atoms with Crippen molar-refractivity contribution in [2.24, 2.45) is 0 Å². The number of carbonyl (C=O) groups excluding carboxylic acids is 2. The molecule has 1 aromatic rings. The Hall–Kier alpha value is -3.00. The molecule has 0 saturated heterocycles. The molecule has 0 aliphatic carbocycles. The molecule has 0 bridgehead atoms. The molecule has 0 aliphatic rings. The fourth-order valence-corrected chi connectivity index (χ4v) is 2.68. The van der Waals surface area contributed by atoms with Crippen LogP contribution in [0.15, 0.2) is 56.7 Å². The molecule has 0 N–H and O–H groups in total. The number of hydrogen-bond donors (Lipinski definition) is 0. The Balaban J connectivity index is 4.19. The van der Waals surface area contributed by atoms with Crippen LogP contribution in [-0.4, -0.2) is 11.6 Å². The van der Waals surface area contributed by atoms with Gasteiger partial charge in [-0.05, 0) is 48.3 Å². The summed E-state index contributed by atoms with van der Waals surface area (Å²) in [5, 5.41) is 0. The Labute approximate surface area is 143 Å².